The predicted octanol–water partition coefficient (Wildman–Crippen LogP) is 3.30. The minimum absolute atomic E-state index is 0.372. The van der Waals surface area contributed by atoms with Gasteiger partial charge in [-0.2, -0.15) is 0 Å². The zero-order valence-corrected chi connectivity index (χ0v) is 13.1. The van der Waals surface area contributed by atoms with Crippen molar-refractivity contribution < 1.29 is 4.42 Å². The number of fused-ring (bicyclic) bond motifs is 1. The van der Waals surface area contributed by atoms with E-state index in [1.54, 1.807) is 12.3 Å². The van der Waals surface area contributed by atoms with E-state index < -0.39 is 0 Å². The standard InChI is InChI=1S/C16H17ClN4O/c1-20-9-3-4-11(20)10-14-19-12-5-2-8-18-16(12)21(14)15-7-6-13(17)22-15/h2,5-8,11H,3-4,9-10H2,1H3. The molecule has 0 N–H and O–H groups in total. The second-order valence-electron chi connectivity index (χ2n) is 5.77. The summed E-state index contributed by atoms with van der Waals surface area (Å²) < 4.78 is 7.58. The van der Waals surface area contributed by atoms with Gasteiger partial charge >= 0.3 is 0 Å². The van der Waals surface area contributed by atoms with Gasteiger partial charge in [0.1, 0.15) is 11.3 Å². The van der Waals surface area contributed by atoms with Crippen LogP contribution in [0.2, 0.25) is 5.22 Å². The SMILES string of the molecule is CN1CCCC1Cc1nc2cccnc2n1-c1ccc(Cl)o1. The molecule has 0 aliphatic carbocycles. The van der Waals surface area contributed by atoms with Crippen molar-refractivity contribution in [2.24, 2.45) is 0 Å². The normalized spacial score (nSPS) is 19.3. The summed E-state index contributed by atoms with van der Waals surface area (Å²) in [6.45, 7) is 1.15. The number of halogens is 1. The number of pyridine rings is 1. The molecule has 1 fully saturated rings. The summed E-state index contributed by atoms with van der Waals surface area (Å²) in [5.41, 5.74) is 1.69. The van der Waals surface area contributed by atoms with Crippen LogP contribution in [0, 0.1) is 0 Å². The molecule has 1 aliphatic heterocycles. The van der Waals surface area contributed by atoms with Crippen LogP contribution >= 0.6 is 11.6 Å². The third kappa shape index (κ3) is 2.30. The molecular formula is C16H17ClN4O. The zero-order chi connectivity index (χ0) is 15.1. The Morgan fingerprint density at radius 3 is 3.00 bits per heavy atom. The molecule has 0 radical (unpaired) electrons. The van der Waals surface area contributed by atoms with Crippen molar-refractivity contribution in [2.45, 2.75) is 25.3 Å². The van der Waals surface area contributed by atoms with E-state index in [1.165, 1.54) is 12.8 Å². The van der Waals surface area contributed by atoms with E-state index in [-0.39, 0.29) is 0 Å². The topological polar surface area (TPSA) is 47.1 Å². The average Bonchev–Trinajstić information content (AvgIpc) is 3.19. The number of likely N-dealkylation sites (tertiary alicyclic amines) is 1. The predicted molar refractivity (Wildman–Crippen MR) is 85.5 cm³/mol. The third-order valence-electron chi connectivity index (χ3n) is 4.35. The number of imidazole rings is 1. The van der Waals surface area contributed by atoms with Crippen molar-refractivity contribution in [3.05, 3.63) is 41.5 Å². The van der Waals surface area contributed by atoms with Crippen molar-refractivity contribution >= 4 is 22.8 Å². The van der Waals surface area contributed by atoms with E-state index >= 15 is 0 Å². The van der Waals surface area contributed by atoms with Crippen molar-refractivity contribution in [2.75, 3.05) is 13.6 Å². The second-order valence-corrected chi connectivity index (χ2v) is 6.14. The summed E-state index contributed by atoms with van der Waals surface area (Å²) >= 11 is 5.95. The van der Waals surface area contributed by atoms with Crippen LogP contribution in [0.25, 0.3) is 17.0 Å². The Labute approximate surface area is 133 Å². The van der Waals surface area contributed by atoms with Gasteiger partial charge in [0.2, 0.25) is 5.88 Å². The van der Waals surface area contributed by atoms with E-state index in [2.05, 4.69) is 16.9 Å². The van der Waals surface area contributed by atoms with Crippen molar-refractivity contribution in [1.82, 2.24) is 19.4 Å². The molecule has 0 saturated carbocycles. The smallest absolute Gasteiger partial charge is 0.208 e. The maximum atomic E-state index is 5.95. The number of hydrogen-bond donors (Lipinski definition) is 0. The maximum Gasteiger partial charge on any atom is 0.208 e. The highest BCUT2D eigenvalue weighted by atomic mass is 35.5. The molecule has 22 heavy (non-hydrogen) atoms. The van der Waals surface area contributed by atoms with Gasteiger partial charge in [-0.3, -0.25) is 0 Å². The van der Waals surface area contributed by atoms with E-state index in [1.807, 2.05) is 22.8 Å². The molecule has 0 spiro atoms. The van der Waals surface area contributed by atoms with Gasteiger partial charge in [0.15, 0.2) is 10.9 Å². The van der Waals surface area contributed by atoms with Gasteiger partial charge in [-0.15, -0.1) is 0 Å². The van der Waals surface area contributed by atoms with Gasteiger partial charge < -0.3 is 9.32 Å². The largest absolute Gasteiger partial charge is 0.428 e. The summed E-state index contributed by atoms with van der Waals surface area (Å²) in [4.78, 5) is 11.6. The van der Waals surface area contributed by atoms with Gasteiger partial charge in [-0.25, -0.2) is 14.5 Å². The Balaban J connectivity index is 1.82. The van der Waals surface area contributed by atoms with Crippen molar-refractivity contribution in [3.8, 4) is 5.88 Å². The molecule has 4 rings (SSSR count). The van der Waals surface area contributed by atoms with E-state index in [9.17, 15) is 0 Å². The number of likely N-dealkylation sites (N-methyl/N-ethyl adjacent to an activating group) is 1. The fourth-order valence-electron chi connectivity index (χ4n) is 3.20. The Bertz CT molecular complexity index is 809. The van der Waals surface area contributed by atoms with E-state index in [0.717, 1.165) is 30.0 Å². The van der Waals surface area contributed by atoms with E-state index in [4.69, 9.17) is 21.0 Å². The molecule has 3 aromatic heterocycles. The molecule has 6 heteroatoms. The Hall–Kier alpha value is -1.85. The maximum absolute atomic E-state index is 5.95. The minimum Gasteiger partial charge on any atom is -0.428 e. The van der Waals surface area contributed by atoms with Crippen LogP contribution in [0.15, 0.2) is 34.9 Å². The number of furan rings is 1. The lowest BCUT2D eigenvalue weighted by molar-refractivity contribution is 0.304. The summed E-state index contributed by atoms with van der Waals surface area (Å²) in [7, 11) is 2.17. The molecule has 3 aromatic rings. The fourth-order valence-corrected chi connectivity index (χ4v) is 3.34. The summed E-state index contributed by atoms with van der Waals surface area (Å²) in [5, 5.41) is 0.372. The molecule has 1 unspecified atom stereocenters. The first-order valence-corrected chi connectivity index (χ1v) is 7.88. The van der Waals surface area contributed by atoms with Crippen LogP contribution < -0.4 is 0 Å². The Morgan fingerprint density at radius 2 is 2.27 bits per heavy atom. The number of aromatic nitrogens is 3. The number of rotatable bonds is 3. The van der Waals surface area contributed by atoms with Crippen molar-refractivity contribution in [1.29, 1.82) is 0 Å². The van der Waals surface area contributed by atoms with Gasteiger partial charge in [-0.05, 0) is 56.2 Å². The van der Waals surface area contributed by atoms with Gasteiger partial charge in [-0.1, -0.05) is 0 Å². The highest BCUT2D eigenvalue weighted by Gasteiger charge is 2.25. The van der Waals surface area contributed by atoms with Crippen LogP contribution in [0.1, 0.15) is 18.7 Å². The minimum atomic E-state index is 0.372. The summed E-state index contributed by atoms with van der Waals surface area (Å²) in [5.74, 6) is 1.64. The lowest BCUT2D eigenvalue weighted by Gasteiger charge is -2.19. The lowest BCUT2D eigenvalue weighted by Crippen LogP contribution is -2.28. The van der Waals surface area contributed by atoms with Crippen LogP contribution in [-0.4, -0.2) is 39.1 Å². The third-order valence-corrected chi connectivity index (χ3v) is 4.56. The zero-order valence-electron chi connectivity index (χ0n) is 12.4. The number of hydrogen-bond acceptors (Lipinski definition) is 4. The Morgan fingerprint density at radius 1 is 1.36 bits per heavy atom. The molecule has 0 aromatic carbocycles. The summed E-state index contributed by atoms with van der Waals surface area (Å²) in [6, 6.07) is 8.00. The quantitative estimate of drug-likeness (QED) is 0.744. The molecule has 0 amide bonds. The number of nitrogens with zero attached hydrogens (tertiary/aromatic N) is 4. The average molecular weight is 317 g/mol. The molecule has 0 bridgehead atoms. The molecule has 5 nitrogen and oxygen atoms in total. The highest BCUT2D eigenvalue weighted by molar-refractivity contribution is 6.28. The highest BCUT2D eigenvalue weighted by Crippen LogP contribution is 2.26. The molecule has 1 aliphatic rings. The molecule has 4 heterocycles. The first-order valence-electron chi connectivity index (χ1n) is 7.50. The monoisotopic (exact) mass is 316 g/mol. The van der Waals surface area contributed by atoms with Gasteiger partial charge in [0.25, 0.3) is 0 Å². The lowest BCUT2D eigenvalue weighted by atomic mass is 10.1. The fraction of sp³-hybridized carbons (Fsp3) is 0.375. The summed E-state index contributed by atoms with van der Waals surface area (Å²) in [6.07, 6.45) is 5.10. The molecular weight excluding hydrogens is 300 g/mol. The van der Waals surface area contributed by atoms with Crippen LogP contribution in [-0.2, 0) is 6.42 Å². The Kier molecular flexibility index (Phi) is 3.39. The molecule has 1 atom stereocenters. The van der Waals surface area contributed by atoms with Gasteiger partial charge in [0.05, 0.1) is 0 Å². The van der Waals surface area contributed by atoms with E-state index in [0.29, 0.717) is 17.1 Å². The first kappa shape index (κ1) is 13.8. The first-order chi connectivity index (χ1) is 10.7. The molecule has 114 valence electrons. The van der Waals surface area contributed by atoms with Crippen molar-refractivity contribution in [3.63, 3.8) is 0 Å². The van der Waals surface area contributed by atoms with Crippen LogP contribution in [0.5, 0.6) is 0 Å². The van der Waals surface area contributed by atoms with Crippen LogP contribution in [0.4, 0.5) is 0 Å². The van der Waals surface area contributed by atoms with Gasteiger partial charge in [0, 0.05) is 24.7 Å². The van der Waals surface area contributed by atoms with Crippen LogP contribution in [0.3, 0.4) is 0 Å². The second kappa shape index (κ2) is 5.41. The molecule has 1 saturated heterocycles.